The van der Waals surface area contributed by atoms with Gasteiger partial charge in [0.25, 0.3) is 11.6 Å². The maximum Gasteiger partial charge on any atom is 0.269 e. The minimum Gasteiger partial charge on any atom is -0.507 e. The van der Waals surface area contributed by atoms with Crippen LogP contribution < -0.4 is 5.32 Å². The number of non-ortho nitro benzene ring substituents is 1. The Bertz CT molecular complexity index is 1260. The summed E-state index contributed by atoms with van der Waals surface area (Å²) >= 11 is 5.81. The molecule has 0 fully saturated rings. The summed E-state index contributed by atoms with van der Waals surface area (Å²) in [6.07, 6.45) is 1.23. The number of nitrogens with one attached hydrogen (secondary N) is 1. The van der Waals surface area contributed by atoms with E-state index in [0.717, 1.165) is 0 Å². The molecule has 10 heteroatoms. The van der Waals surface area contributed by atoms with Crippen LogP contribution in [0.3, 0.4) is 0 Å². The van der Waals surface area contributed by atoms with Gasteiger partial charge in [-0.1, -0.05) is 11.6 Å². The van der Waals surface area contributed by atoms with E-state index in [0.29, 0.717) is 22.1 Å². The molecule has 9 nitrogen and oxygen atoms in total. The van der Waals surface area contributed by atoms with Crippen LogP contribution in [0.1, 0.15) is 5.56 Å². The van der Waals surface area contributed by atoms with Crippen LogP contribution in [-0.2, 0) is 4.79 Å². The largest absolute Gasteiger partial charge is 0.507 e. The zero-order valence-electron chi connectivity index (χ0n) is 16.3. The molecule has 0 radical (unpaired) electrons. The first kappa shape index (κ1) is 22.1. The lowest BCUT2D eigenvalue weighted by atomic mass is 10.1. The first-order valence-electron chi connectivity index (χ1n) is 9.03. The van der Waals surface area contributed by atoms with Gasteiger partial charge in [0.2, 0.25) is 0 Å². The molecule has 0 spiro atoms. The van der Waals surface area contributed by atoms with Crippen molar-refractivity contribution in [3.8, 4) is 11.8 Å². The zero-order chi connectivity index (χ0) is 23.1. The molecule has 0 heterocycles. The quantitative estimate of drug-likeness (QED) is 0.159. The Hall–Kier alpha value is -4.55. The monoisotopic (exact) mass is 447 g/mol. The van der Waals surface area contributed by atoms with Gasteiger partial charge in [0.15, 0.2) is 0 Å². The number of anilines is 1. The molecule has 158 valence electrons. The van der Waals surface area contributed by atoms with Crippen LogP contribution in [-0.4, -0.2) is 15.9 Å². The lowest BCUT2D eigenvalue weighted by Gasteiger charge is -2.05. The van der Waals surface area contributed by atoms with E-state index < -0.39 is 10.8 Å². The first-order chi connectivity index (χ1) is 15.4. The molecule has 32 heavy (non-hydrogen) atoms. The van der Waals surface area contributed by atoms with Crippen LogP contribution in [0.4, 0.5) is 22.7 Å². The van der Waals surface area contributed by atoms with E-state index in [1.165, 1.54) is 48.5 Å². The van der Waals surface area contributed by atoms with E-state index in [4.69, 9.17) is 11.6 Å². The fourth-order valence-corrected chi connectivity index (χ4v) is 2.64. The van der Waals surface area contributed by atoms with Gasteiger partial charge >= 0.3 is 0 Å². The van der Waals surface area contributed by atoms with Crippen LogP contribution in [0.5, 0.6) is 5.75 Å². The molecule has 0 aliphatic heterocycles. The van der Waals surface area contributed by atoms with Crippen molar-refractivity contribution in [2.24, 2.45) is 10.2 Å². The summed E-state index contributed by atoms with van der Waals surface area (Å²) in [6.45, 7) is 0. The maximum absolute atomic E-state index is 12.4. The van der Waals surface area contributed by atoms with Crippen molar-refractivity contribution in [2.75, 3.05) is 5.32 Å². The van der Waals surface area contributed by atoms with Crippen LogP contribution in [0.2, 0.25) is 5.02 Å². The Morgan fingerprint density at radius 3 is 2.31 bits per heavy atom. The van der Waals surface area contributed by atoms with Crippen molar-refractivity contribution in [2.45, 2.75) is 0 Å². The number of rotatable bonds is 6. The van der Waals surface area contributed by atoms with Crippen molar-refractivity contribution in [3.05, 3.63) is 93.0 Å². The number of hydrogen-bond donors (Lipinski definition) is 2. The predicted octanol–water partition coefficient (Wildman–Crippen LogP) is 5.91. The Morgan fingerprint density at radius 1 is 1.06 bits per heavy atom. The highest BCUT2D eigenvalue weighted by molar-refractivity contribution is 6.30. The number of carbonyl (C=O) groups excluding carboxylic acids is 1. The Kier molecular flexibility index (Phi) is 6.90. The predicted molar refractivity (Wildman–Crippen MR) is 119 cm³/mol. The van der Waals surface area contributed by atoms with E-state index in [1.807, 2.05) is 0 Å². The zero-order valence-corrected chi connectivity index (χ0v) is 17.0. The highest BCUT2D eigenvalue weighted by Gasteiger charge is 2.11. The third-order valence-electron chi connectivity index (χ3n) is 4.12. The van der Waals surface area contributed by atoms with Crippen molar-refractivity contribution in [1.29, 1.82) is 5.26 Å². The van der Waals surface area contributed by atoms with Gasteiger partial charge < -0.3 is 10.4 Å². The number of halogens is 1. The van der Waals surface area contributed by atoms with Crippen LogP contribution in [0.25, 0.3) is 6.08 Å². The minimum atomic E-state index is -0.660. The highest BCUT2D eigenvalue weighted by atomic mass is 35.5. The number of azo groups is 1. The molecule has 3 aromatic carbocycles. The number of benzene rings is 3. The summed E-state index contributed by atoms with van der Waals surface area (Å²) < 4.78 is 0. The van der Waals surface area contributed by atoms with Gasteiger partial charge in [-0.15, -0.1) is 0 Å². The molecule has 0 aliphatic carbocycles. The molecule has 0 aromatic heterocycles. The van der Waals surface area contributed by atoms with Crippen LogP contribution >= 0.6 is 11.6 Å². The lowest BCUT2D eigenvalue weighted by Crippen LogP contribution is -2.13. The normalized spacial score (nSPS) is 11.2. The van der Waals surface area contributed by atoms with Gasteiger partial charge in [0.05, 0.1) is 16.3 Å². The fourth-order valence-electron chi connectivity index (χ4n) is 2.51. The molecule has 0 atom stereocenters. The van der Waals surface area contributed by atoms with E-state index in [2.05, 4.69) is 15.5 Å². The maximum atomic E-state index is 12.4. The summed E-state index contributed by atoms with van der Waals surface area (Å²) in [4.78, 5) is 22.6. The molecular weight excluding hydrogens is 434 g/mol. The van der Waals surface area contributed by atoms with Gasteiger partial charge in [-0.3, -0.25) is 14.9 Å². The van der Waals surface area contributed by atoms with Gasteiger partial charge in [-0.2, -0.15) is 15.5 Å². The number of amides is 1. The number of nitro groups is 1. The standard InChI is InChI=1S/C22H14ClN5O4/c23-16-1-3-17(4-2-16)25-22(30)15(13-24)11-14-12-19(7-10-21(14)29)27-26-18-5-8-20(9-6-18)28(31)32/h1-12,29H,(H,25,30)/b15-11+,27-26?. The van der Waals surface area contributed by atoms with Crippen LogP contribution in [0.15, 0.2) is 82.5 Å². The molecule has 3 aromatic rings. The highest BCUT2D eigenvalue weighted by Crippen LogP contribution is 2.28. The van der Waals surface area contributed by atoms with Gasteiger partial charge in [0, 0.05) is 28.4 Å². The number of phenolic OH excluding ortho intramolecular Hbond substituents is 1. The third-order valence-corrected chi connectivity index (χ3v) is 4.37. The fraction of sp³-hybridized carbons (Fsp3) is 0. The Labute approximate surface area is 187 Å². The van der Waals surface area contributed by atoms with Gasteiger partial charge in [0.1, 0.15) is 17.4 Å². The van der Waals surface area contributed by atoms with Crippen molar-refractivity contribution < 1.29 is 14.8 Å². The number of phenols is 1. The number of hydrogen-bond acceptors (Lipinski definition) is 7. The third kappa shape index (κ3) is 5.75. The summed E-state index contributed by atoms with van der Waals surface area (Å²) in [5.41, 5.74) is 1.06. The smallest absolute Gasteiger partial charge is 0.269 e. The van der Waals surface area contributed by atoms with E-state index in [9.17, 15) is 25.3 Å². The number of aromatic hydroxyl groups is 1. The molecule has 0 aliphatic rings. The molecule has 3 rings (SSSR count). The summed E-state index contributed by atoms with van der Waals surface area (Å²) in [5, 5.41) is 41.3. The average Bonchev–Trinajstić information content (AvgIpc) is 2.79. The second-order valence-electron chi connectivity index (χ2n) is 6.35. The van der Waals surface area contributed by atoms with Crippen LogP contribution in [0, 0.1) is 21.4 Å². The Morgan fingerprint density at radius 2 is 1.69 bits per heavy atom. The molecule has 0 unspecified atom stereocenters. The van der Waals surface area contributed by atoms with Crippen molar-refractivity contribution in [1.82, 2.24) is 0 Å². The molecule has 0 bridgehead atoms. The van der Waals surface area contributed by atoms with Crippen molar-refractivity contribution >= 4 is 46.3 Å². The van der Waals surface area contributed by atoms with E-state index in [-0.39, 0.29) is 22.6 Å². The molecule has 2 N–H and O–H groups in total. The minimum absolute atomic E-state index is 0.0677. The topological polar surface area (TPSA) is 141 Å². The SMILES string of the molecule is N#C/C(=C\c1cc(N=Nc2ccc([N+](=O)[O-])cc2)ccc1O)C(=O)Nc1ccc(Cl)cc1. The first-order valence-corrected chi connectivity index (χ1v) is 9.41. The van der Waals surface area contributed by atoms with E-state index in [1.54, 1.807) is 30.3 Å². The van der Waals surface area contributed by atoms with Gasteiger partial charge in [-0.25, -0.2) is 0 Å². The number of carbonyl (C=O) groups is 1. The van der Waals surface area contributed by atoms with Gasteiger partial charge in [-0.05, 0) is 60.7 Å². The second kappa shape index (κ2) is 9.97. The summed E-state index contributed by atoms with van der Waals surface area (Å²) in [5.74, 6) is -0.821. The van der Waals surface area contributed by atoms with Crippen molar-refractivity contribution in [3.63, 3.8) is 0 Å². The summed E-state index contributed by atoms with van der Waals surface area (Å²) in [6, 6.07) is 17.9. The summed E-state index contributed by atoms with van der Waals surface area (Å²) in [7, 11) is 0. The Balaban J connectivity index is 1.80. The molecule has 1 amide bonds. The molecule has 0 saturated heterocycles. The average molecular weight is 448 g/mol. The number of nitrogens with zero attached hydrogens (tertiary/aromatic N) is 4. The number of nitriles is 1. The molecular formula is C22H14ClN5O4. The second-order valence-corrected chi connectivity index (χ2v) is 6.78. The van der Waals surface area contributed by atoms with E-state index >= 15 is 0 Å². The number of nitro benzene ring substituents is 1. The lowest BCUT2D eigenvalue weighted by molar-refractivity contribution is -0.384. The molecule has 0 saturated carbocycles.